The van der Waals surface area contributed by atoms with E-state index in [4.69, 9.17) is 4.42 Å². The van der Waals surface area contributed by atoms with E-state index in [1.165, 1.54) is 5.69 Å². The zero-order chi connectivity index (χ0) is 20.7. The Kier molecular flexibility index (Phi) is 4.84. The van der Waals surface area contributed by atoms with Gasteiger partial charge in [0.25, 0.3) is 11.1 Å². The number of amides is 2. The molecule has 5 rings (SSSR count). The Labute approximate surface area is 178 Å². The van der Waals surface area contributed by atoms with Gasteiger partial charge < -0.3 is 14.2 Å². The van der Waals surface area contributed by atoms with Crippen LogP contribution in [0.2, 0.25) is 0 Å². The fourth-order valence-corrected chi connectivity index (χ4v) is 4.53. The third-order valence-electron chi connectivity index (χ3n) is 5.58. The average Bonchev–Trinajstić information content (AvgIpc) is 3.31. The minimum atomic E-state index is -0.350. The molecule has 3 aromatic rings. The summed E-state index contributed by atoms with van der Waals surface area (Å²) < 4.78 is 5.75. The van der Waals surface area contributed by atoms with Gasteiger partial charge in [-0.1, -0.05) is 18.2 Å². The van der Waals surface area contributed by atoms with Crippen LogP contribution in [0.4, 0.5) is 10.5 Å². The van der Waals surface area contributed by atoms with Gasteiger partial charge in [-0.25, -0.2) is 0 Å². The van der Waals surface area contributed by atoms with Gasteiger partial charge in [0, 0.05) is 42.8 Å². The molecule has 2 fully saturated rings. The van der Waals surface area contributed by atoms with E-state index in [1.807, 2.05) is 18.2 Å². The number of benzene rings is 2. The largest absolute Gasteiger partial charge is 0.464 e. The number of furan rings is 1. The van der Waals surface area contributed by atoms with Crippen molar-refractivity contribution in [2.75, 3.05) is 38.1 Å². The monoisotopic (exact) mass is 419 g/mol. The molecule has 6 nitrogen and oxygen atoms in total. The second-order valence-corrected chi connectivity index (χ2v) is 8.61. The SMILES string of the molecule is CN1CCN(c2ccc(-c3coc4ccc(/C=C5\SC(=O)NC5=O)cc34)cc2)CC1. The number of nitrogens with zero attached hydrogens (tertiary/aromatic N) is 2. The summed E-state index contributed by atoms with van der Waals surface area (Å²) in [5.74, 6) is -0.350. The number of thioether (sulfide) groups is 1. The molecule has 0 saturated carbocycles. The highest BCUT2D eigenvalue weighted by molar-refractivity contribution is 8.18. The Balaban J connectivity index is 1.44. The quantitative estimate of drug-likeness (QED) is 0.643. The fourth-order valence-electron chi connectivity index (χ4n) is 3.85. The van der Waals surface area contributed by atoms with Crippen molar-refractivity contribution in [2.24, 2.45) is 0 Å². The molecule has 0 atom stereocenters. The molecule has 30 heavy (non-hydrogen) atoms. The van der Waals surface area contributed by atoms with Crippen molar-refractivity contribution in [3.63, 3.8) is 0 Å². The lowest BCUT2D eigenvalue weighted by atomic mass is 10.0. The topological polar surface area (TPSA) is 65.8 Å². The van der Waals surface area contributed by atoms with Gasteiger partial charge in [-0.05, 0) is 60.3 Å². The first-order valence-electron chi connectivity index (χ1n) is 9.87. The molecule has 0 unspecified atom stereocenters. The summed E-state index contributed by atoms with van der Waals surface area (Å²) >= 11 is 0.922. The lowest BCUT2D eigenvalue weighted by Crippen LogP contribution is -2.44. The van der Waals surface area contributed by atoms with Gasteiger partial charge in [0.05, 0.1) is 11.2 Å². The molecule has 2 aliphatic heterocycles. The van der Waals surface area contributed by atoms with Gasteiger partial charge in [-0.2, -0.15) is 0 Å². The number of likely N-dealkylation sites (N-methyl/N-ethyl adjacent to an activating group) is 1. The number of carbonyl (C=O) groups excluding carboxylic acids is 2. The van der Waals surface area contributed by atoms with Crippen molar-refractivity contribution in [1.29, 1.82) is 0 Å². The molecule has 2 amide bonds. The summed E-state index contributed by atoms with van der Waals surface area (Å²) in [6, 6.07) is 14.3. The zero-order valence-electron chi connectivity index (χ0n) is 16.6. The van der Waals surface area contributed by atoms with Crippen LogP contribution in [0.3, 0.4) is 0 Å². The van der Waals surface area contributed by atoms with Gasteiger partial charge in [0.15, 0.2) is 0 Å². The van der Waals surface area contributed by atoms with E-state index in [2.05, 4.69) is 46.4 Å². The van der Waals surface area contributed by atoms with Crippen LogP contribution in [0, 0.1) is 0 Å². The van der Waals surface area contributed by atoms with Crippen molar-refractivity contribution in [3.8, 4) is 11.1 Å². The minimum Gasteiger partial charge on any atom is -0.464 e. The highest BCUT2D eigenvalue weighted by Crippen LogP contribution is 2.34. The maximum atomic E-state index is 11.8. The second-order valence-electron chi connectivity index (χ2n) is 7.59. The van der Waals surface area contributed by atoms with Crippen LogP contribution < -0.4 is 10.2 Å². The van der Waals surface area contributed by atoms with Crippen LogP contribution in [0.15, 0.2) is 58.1 Å². The summed E-state index contributed by atoms with van der Waals surface area (Å²) in [6.45, 7) is 4.23. The molecular weight excluding hydrogens is 398 g/mol. The Bertz CT molecular complexity index is 1160. The molecule has 152 valence electrons. The highest BCUT2D eigenvalue weighted by Gasteiger charge is 2.25. The standard InChI is InChI=1S/C23H21N3O3S/c1-25-8-10-26(11-9-25)17-5-3-16(4-6-17)19-14-29-20-7-2-15(12-18(19)20)13-21-22(27)24-23(28)30-21/h2-7,12-14H,8-11H2,1H3,(H,24,27,28)/b21-13-. The van der Waals surface area contributed by atoms with Crippen LogP contribution in [0.5, 0.6) is 0 Å². The van der Waals surface area contributed by atoms with Crippen LogP contribution in [0.25, 0.3) is 28.2 Å². The number of carbonyl (C=O) groups is 2. The first-order chi connectivity index (χ1) is 14.6. The van der Waals surface area contributed by atoms with Crippen molar-refractivity contribution >= 4 is 45.6 Å². The number of imide groups is 1. The van der Waals surface area contributed by atoms with Crippen LogP contribution in [-0.4, -0.2) is 49.3 Å². The molecule has 0 aliphatic carbocycles. The summed E-state index contributed by atoms with van der Waals surface area (Å²) in [5, 5.41) is 2.92. The Hall–Kier alpha value is -3.03. The molecule has 0 radical (unpaired) electrons. The average molecular weight is 420 g/mol. The lowest BCUT2D eigenvalue weighted by Gasteiger charge is -2.34. The van der Waals surface area contributed by atoms with Crippen LogP contribution in [0.1, 0.15) is 5.56 Å². The third-order valence-corrected chi connectivity index (χ3v) is 6.39. The van der Waals surface area contributed by atoms with Crippen molar-refractivity contribution in [2.45, 2.75) is 0 Å². The van der Waals surface area contributed by atoms with Crippen molar-refractivity contribution in [1.82, 2.24) is 10.2 Å². The van der Waals surface area contributed by atoms with E-state index in [-0.39, 0.29) is 11.1 Å². The van der Waals surface area contributed by atoms with Crippen molar-refractivity contribution in [3.05, 3.63) is 59.2 Å². The summed E-state index contributed by atoms with van der Waals surface area (Å²) in [5.41, 5.74) is 4.97. The predicted molar refractivity (Wildman–Crippen MR) is 120 cm³/mol. The normalized spacial score (nSPS) is 19.1. The first-order valence-corrected chi connectivity index (χ1v) is 10.7. The van der Waals surface area contributed by atoms with E-state index >= 15 is 0 Å². The van der Waals surface area contributed by atoms with Gasteiger partial charge in [0.1, 0.15) is 5.58 Å². The number of nitrogens with one attached hydrogen (secondary N) is 1. The molecule has 2 aliphatic rings. The molecule has 7 heteroatoms. The molecular formula is C23H21N3O3S. The molecule has 1 aromatic heterocycles. The lowest BCUT2D eigenvalue weighted by molar-refractivity contribution is -0.115. The fraction of sp³-hybridized carbons (Fsp3) is 0.217. The first kappa shape index (κ1) is 19.0. The number of hydrogen-bond donors (Lipinski definition) is 1. The zero-order valence-corrected chi connectivity index (χ0v) is 17.4. The van der Waals surface area contributed by atoms with Crippen LogP contribution >= 0.6 is 11.8 Å². The molecule has 3 heterocycles. The van der Waals surface area contributed by atoms with Crippen molar-refractivity contribution < 1.29 is 14.0 Å². The molecule has 0 spiro atoms. The summed E-state index contributed by atoms with van der Waals surface area (Å²) in [4.78, 5) is 28.4. The van der Waals surface area contributed by atoms with E-state index in [9.17, 15) is 9.59 Å². The maximum Gasteiger partial charge on any atom is 0.290 e. The van der Waals surface area contributed by atoms with Crippen LogP contribution in [-0.2, 0) is 4.79 Å². The smallest absolute Gasteiger partial charge is 0.290 e. The van der Waals surface area contributed by atoms with E-state index < -0.39 is 0 Å². The highest BCUT2D eigenvalue weighted by atomic mass is 32.2. The second kappa shape index (κ2) is 7.66. The predicted octanol–water partition coefficient (Wildman–Crippen LogP) is 4.18. The maximum absolute atomic E-state index is 11.8. The Morgan fingerprint density at radius 1 is 1.03 bits per heavy atom. The summed E-state index contributed by atoms with van der Waals surface area (Å²) in [7, 11) is 2.16. The molecule has 0 bridgehead atoms. The third kappa shape index (κ3) is 3.62. The number of hydrogen-bond acceptors (Lipinski definition) is 6. The number of rotatable bonds is 3. The van der Waals surface area contributed by atoms with Gasteiger partial charge in [0.2, 0.25) is 0 Å². The Morgan fingerprint density at radius 3 is 2.50 bits per heavy atom. The van der Waals surface area contributed by atoms with Gasteiger partial charge in [-0.3, -0.25) is 14.9 Å². The van der Waals surface area contributed by atoms with E-state index in [0.717, 1.165) is 65.6 Å². The summed E-state index contributed by atoms with van der Waals surface area (Å²) in [6.07, 6.45) is 3.50. The number of anilines is 1. The van der Waals surface area contributed by atoms with E-state index in [1.54, 1.807) is 12.3 Å². The molecule has 2 aromatic carbocycles. The number of piperazine rings is 1. The molecule has 1 N–H and O–H groups in total. The Morgan fingerprint density at radius 2 is 1.80 bits per heavy atom. The minimum absolute atomic E-state index is 0.336. The van der Waals surface area contributed by atoms with Gasteiger partial charge in [-0.15, -0.1) is 0 Å². The molecule has 2 saturated heterocycles. The van der Waals surface area contributed by atoms with Gasteiger partial charge >= 0.3 is 0 Å². The number of fused-ring (bicyclic) bond motifs is 1. The van der Waals surface area contributed by atoms with E-state index in [0.29, 0.717) is 4.91 Å².